The van der Waals surface area contributed by atoms with Gasteiger partial charge in [0.25, 0.3) is 0 Å². The molecule has 0 saturated carbocycles. The van der Waals surface area contributed by atoms with Crippen molar-refractivity contribution in [2.24, 2.45) is 0 Å². The fourth-order valence-electron chi connectivity index (χ4n) is 2.09. The third-order valence-electron chi connectivity index (χ3n) is 3.09. The van der Waals surface area contributed by atoms with Crippen LogP contribution in [0.25, 0.3) is 11.1 Å². The predicted molar refractivity (Wildman–Crippen MR) is 75.5 cm³/mol. The van der Waals surface area contributed by atoms with E-state index >= 15 is 0 Å². The Bertz CT molecular complexity index is 535. The number of rotatable bonds is 5. The van der Waals surface area contributed by atoms with Gasteiger partial charge >= 0.3 is 0 Å². The minimum Gasteiger partial charge on any atom is -0.508 e. The van der Waals surface area contributed by atoms with Gasteiger partial charge in [-0.3, -0.25) is 0 Å². The van der Waals surface area contributed by atoms with Crippen LogP contribution in [0.15, 0.2) is 42.5 Å². The molecule has 2 aromatic carbocycles. The van der Waals surface area contributed by atoms with Gasteiger partial charge in [-0.05, 0) is 36.1 Å². The molecule has 3 heteroatoms. The van der Waals surface area contributed by atoms with Crippen LogP contribution in [-0.2, 0) is 6.42 Å². The first kappa shape index (κ1) is 13.4. The lowest BCUT2D eigenvalue weighted by molar-refractivity contribution is 0.288. The number of aryl methyl sites for hydroxylation is 1. The average Bonchev–Trinajstić information content (AvgIpc) is 2.46. The molecule has 0 aromatic heterocycles. The summed E-state index contributed by atoms with van der Waals surface area (Å²) in [6, 6.07) is 13.4. The zero-order valence-electron chi connectivity index (χ0n) is 11.0. The molecule has 2 rings (SSSR count). The number of phenolic OH excluding ortho intramolecular Hbond substituents is 1. The summed E-state index contributed by atoms with van der Waals surface area (Å²) < 4.78 is 5.40. The Kier molecular flexibility index (Phi) is 4.42. The quantitative estimate of drug-likeness (QED) is 0.866. The fourth-order valence-corrected chi connectivity index (χ4v) is 2.09. The number of hydrogen-bond acceptors (Lipinski definition) is 3. The average molecular weight is 258 g/mol. The van der Waals surface area contributed by atoms with E-state index in [9.17, 15) is 5.11 Å². The second-order valence-corrected chi connectivity index (χ2v) is 4.37. The predicted octanol–water partition coefficient (Wildman–Crippen LogP) is 2.99. The molecule has 0 amide bonds. The molecule has 0 aliphatic rings. The summed E-state index contributed by atoms with van der Waals surface area (Å²) >= 11 is 0. The molecule has 0 bridgehead atoms. The van der Waals surface area contributed by atoms with E-state index in [0.29, 0.717) is 12.8 Å². The molecule has 0 heterocycles. The molecular weight excluding hydrogens is 240 g/mol. The lowest BCUT2D eigenvalue weighted by atomic mass is 10.00. The molecule has 2 aromatic rings. The van der Waals surface area contributed by atoms with Crippen LogP contribution < -0.4 is 4.74 Å². The minimum absolute atomic E-state index is 0.113. The highest BCUT2D eigenvalue weighted by Crippen LogP contribution is 2.35. The Morgan fingerprint density at radius 1 is 1.11 bits per heavy atom. The zero-order chi connectivity index (χ0) is 13.7. The van der Waals surface area contributed by atoms with E-state index in [-0.39, 0.29) is 12.4 Å². The second kappa shape index (κ2) is 6.25. The fraction of sp³-hybridized carbons (Fsp3) is 0.250. The SMILES string of the molecule is COc1cc(CCCO)c(O)cc1-c1ccccc1. The summed E-state index contributed by atoms with van der Waals surface area (Å²) in [6.07, 6.45) is 1.26. The zero-order valence-corrected chi connectivity index (χ0v) is 11.0. The molecule has 0 atom stereocenters. The van der Waals surface area contributed by atoms with Crippen LogP contribution in [0, 0.1) is 0 Å². The van der Waals surface area contributed by atoms with Crippen LogP contribution in [0.2, 0.25) is 0 Å². The number of ether oxygens (including phenoxy) is 1. The molecule has 0 aliphatic carbocycles. The van der Waals surface area contributed by atoms with Crippen LogP contribution in [0.1, 0.15) is 12.0 Å². The van der Waals surface area contributed by atoms with E-state index in [1.807, 2.05) is 36.4 Å². The van der Waals surface area contributed by atoms with Gasteiger partial charge in [-0.15, -0.1) is 0 Å². The first-order valence-electron chi connectivity index (χ1n) is 6.32. The van der Waals surface area contributed by atoms with Crippen molar-refractivity contribution in [2.75, 3.05) is 13.7 Å². The van der Waals surface area contributed by atoms with Gasteiger partial charge in [0.1, 0.15) is 11.5 Å². The maximum atomic E-state index is 10.1. The standard InChI is InChI=1S/C16H18O3/c1-19-16-10-13(8-5-9-17)15(18)11-14(16)12-6-3-2-4-7-12/h2-4,6-7,10-11,17-18H,5,8-9H2,1H3. The van der Waals surface area contributed by atoms with Crippen molar-refractivity contribution in [3.63, 3.8) is 0 Å². The minimum atomic E-state index is 0.113. The first-order valence-corrected chi connectivity index (χ1v) is 6.32. The molecular formula is C16H18O3. The monoisotopic (exact) mass is 258 g/mol. The van der Waals surface area contributed by atoms with Crippen LogP contribution in [-0.4, -0.2) is 23.9 Å². The van der Waals surface area contributed by atoms with Crippen molar-refractivity contribution in [3.05, 3.63) is 48.0 Å². The number of methoxy groups -OCH3 is 1. The number of aliphatic hydroxyl groups excluding tert-OH is 1. The Balaban J connectivity index is 2.42. The van der Waals surface area contributed by atoms with Crippen molar-refractivity contribution < 1.29 is 14.9 Å². The maximum absolute atomic E-state index is 10.1. The highest BCUT2D eigenvalue weighted by molar-refractivity contribution is 5.73. The van der Waals surface area contributed by atoms with E-state index < -0.39 is 0 Å². The molecule has 0 spiro atoms. The summed E-state index contributed by atoms with van der Waals surface area (Å²) in [5, 5.41) is 18.9. The van der Waals surface area contributed by atoms with Crippen molar-refractivity contribution in [2.45, 2.75) is 12.8 Å². The summed E-state index contributed by atoms with van der Waals surface area (Å²) in [4.78, 5) is 0. The molecule has 0 radical (unpaired) electrons. The molecule has 2 N–H and O–H groups in total. The largest absolute Gasteiger partial charge is 0.508 e. The summed E-state index contributed by atoms with van der Waals surface area (Å²) in [7, 11) is 1.62. The van der Waals surface area contributed by atoms with E-state index in [2.05, 4.69) is 0 Å². The van der Waals surface area contributed by atoms with Crippen molar-refractivity contribution >= 4 is 0 Å². The summed E-state index contributed by atoms with van der Waals surface area (Å²) in [5.74, 6) is 0.977. The van der Waals surface area contributed by atoms with E-state index in [1.54, 1.807) is 13.2 Å². The topological polar surface area (TPSA) is 49.7 Å². The smallest absolute Gasteiger partial charge is 0.127 e. The van der Waals surface area contributed by atoms with E-state index in [0.717, 1.165) is 22.4 Å². The van der Waals surface area contributed by atoms with Gasteiger partial charge in [0.15, 0.2) is 0 Å². The van der Waals surface area contributed by atoms with E-state index in [4.69, 9.17) is 9.84 Å². The molecule has 3 nitrogen and oxygen atoms in total. The molecule has 19 heavy (non-hydrogen) atoms. The highest BCUT2D eigenvalue weighted by Gasteiger charge is 2.11. The normalized spacial score (nSPS) is 10.4. The van der Waals surface area contributed by atoms with Gasteiger partial charge in [0, 0.05) is 12.2 Å². The van der Waals surface area contributed by atoms with Crippen molar-refractivity contribution in [1.82, 2.24) is 0 Å². The summed E-state index contributed by atoms with van der Waals surface area (Å²) in [6.45, 7) is 0.113. The summed E-state index contributed by atoms with van der Waals surface area (Å²) in [5.41, 5.74) is 2.67. The number of phenols is 1. The molecule has 100 valence electrons. The van der Waals surface area contributed by atoms with Gasteiger partial charge in [-0.2, -0.15) is 0 Å². The number of aromatic hydroxyl groups is 1. The Hall–Kier alpha value is -2.00. The number of aliphatic hydroxyl groups is 1. The van der Waals surface area contributed by atoms with Gasteiger partial charge in [0.05, 0.1) is 7.11 Å². The second-order valence-electron chi connectivity index (χ2n) is 4.37. The first-order chi connectivity index (χ1) is 9.26. The maximum Gasteiger partial charge on any atom is 0.127 e. The highest BCUT2D eigenvalue weighted by atomic mass is 16.5. The Morgan fingerprint density at radius 2 is 1.84 bits per heavy atom. The van der Waals surface area contributed by atoms with Crippen molar-refractivity contribution in [1.29, 1.82) is 0 Å². The van der Waals surface area contributed by atoms with Gasteiger partial charge in [-0.1, -0.05) is 30.3 Å². The number of benzene rings is 2. The molecule has 0 unspecified atom stereocenters. The van der Waals surface area contributed by atoms with Crippen molar-refractivity contribution in [3.8, 4) is 22.6 Å². The number of hydrogen-bond donors (Lipinski definition) is 2. The Labute approximate surface area is 113 Å². The molecule has 0 aliphatic heterocycles. The van der Waals surface area contributed by atoms with Crippen LogP contribution in [0.4, 0.5) is 0 Å². The molecule has 0 saturated heterocycles. The third kappa shape index (κ3) is 3.06. The third-order valence-corrected chi connectivity index (χ3v) is 3.09. The lowest BCUT2D eigenvalue weighted by Gasteiger charge is -2.12. The van der Waals surface area contributed by atoms with E-state index in [1.165, 1.54) is 0 Å². The van der Waals surface area contributed by atoms with Crippen LogP contribution in [0.5, 0.6) is 11.5 Å². The molecule has 0 fully saturated rings. The van der Waals surface area contributed by atoms with Gasteiger partial charge < -0.3 is 14.9 Å². The van der Waals surface area contributed by atoms with Crippen LogP contribution in [0.3, 0.4) is 0 Å². The lowest BCUT2D eigenvalue weighted by Crippen LogP contribution is -1.94. The Morgan fingerprint density at radius 3 is 2.47 bits per heavy atom. The van der Waals surface area contributed by atoms with Crippen LogP contribution >= 0.6 is 0 Å². The van der Waals surface area contributed by atoms with Gasteiger partial charge in [0.2, 0.25) is 0 Å². The van der Waals surface area contributed by atoms with Gasteiger partial charge in [-0.25, -0.2) is 0 Å².